The lowest BCUT2D eigenvalue weighted by Crippen LogP contribution is -2.34. The van der Waals surface area contributed by atoms with Crippen molar-refractivity contribution in [2.24, 2.45) is 5.92 Å². The third kappa shape index (κ3) is 4.23. The van der Waals surface area contributed by atoms with Crippen molar-refractivity contribution in [3.8, 4) is 5.75 Å². The monoisotopic (exact) mass is 304 g/mol. The number of hydrogen-bond donors (Lipinski definition) is 1. The van der Waals surface area contributed by atoms with E-state index in [4.69, 9.17) is 4.74 Å². The zero-order chi connectivity index (χ0) is 16.1. The van der Waals surface area contributed by atoms with Gasteiger partial charge in [0, 0.05) is 13.1 Å². The fourth-order valence-corrected chi connectivity index (χ4v) is 2.88. The minimum Gasteiger partial charge on any atom is -0.483 e. The fourth-order valence-electron chi connectivity index (χ4n) is 2.88. The number of amides is 1. The Bertz CT molecular complexity index is 514. The van der Waals surface area contributed by atoms with Crippen molar-refractivity contribution in [1.29, 1.82) is 0 Å². The molecule has 1 atom stereocenters. The summed E-state index contributed by atoms with van der Waals surface area (Å²) in [4.78, 5) is 14.2. The van der Waals surface area contributed by atoms with Crippen LogP contribution in [-0.2, 0) is 4.79 Å². The highest BCUT2D eigenvalue weighted by molar-refractivity contribution is 5.78. The molecular weight excluding hydrogens is 276 g/mol. The minimum atomic E-state index is 0.0907. The molecule has 22 heavy (non-hydrogen) atoms. The summed E-state index contributed by atoms with van der Waals surface area (Å²) in [5, 5.41) is 3.18. The van der Waals surface area contributed by atoms with Crippen LogP contribution in [-0.4, -0.2) is 44.1 Å². The van der Waals surface area contributed by atoms with E-state index in [1.807, 2.05) is 18.9 Å². The predicted molar refractivity (Wildman–Crippen MR) is 89.4 cm³/mol. The van der Waals surface area contributed by atoms with Crippen LogP contribution < -0.4 is 10.1 Å². The maximum absolute atomic E-state index is 12.3. The van der Waals surface area contributed by atoms with Gasteiger partial charge < -0.3 is 15.0 Å². The number of carbonyl (C=O) groups excluding carboxylic acids is 1. The van der Waals surface area contributed by atoms with Crippen LogP contribution in [0.25, 0.3) is 0 Å². The van der Waals surface area contributed by atoms with Crippen molar-refractivity contribution < 1.29 is 9.53 Å². The first kappa shape index (κ1) is 16.8. The van der Waals surface area contributed by atoms with E-state index >= 15 is 0 Å². The number of aryl methyl sites for hydroxylation is 1. The van der Waals surface area contributed by atoms with E-state index in [2.05, 4.69) is 37.4 Å². The summed E-state index contributed by atoms with van der Waals surface area (Å²) in [5.74, 6) is 1.94. The second-order valence-electron chi connectivity index (χ2n) is 6.52. The summed E-state index contributed by atoms with van der Waals surface area (Å²) in [7, 11) is 1.96. The first-order valence-corrected chi connectivity index (χ1v) is 8.17. The van der Waals surface area contributed by atoms with E-state index in [-0.39, 0.29) is 12.5 Å². The summed E-state index contributed by atoms with van der Waals surface area (Å²) < 4.78 is 5.79. The Morgan fingerprint density at radius 3 is 2.91 bits per heavy atom. The molecule has 1 aliphatic heterocycles. The number of likely N-dealkylation sites (tertiary alicyclic amines) is 1. The lowest BCUT2D eigenvalue weighted by molar-refractivity contribution is -0.132. The van der Waals surface area contributed by atoms with Crippen molar-refractivity contribution in [3.05, 3.63) is 29.3 Å². The minimum absolute atomic E-state index is 0.0907. The number of ether oxygens (including phenoxy) is 1. The van der Waals surface area contributed by atoms with Crippen LogP contribution in [0.2, 0.25) is 0 Å². The van der Waals surface area contributed by atoms with Crippen molar-refractivity contribution >= 4 is 5.91 Å². The molecule has 0 aromatic heterocycles. The lowest BCUT2D eigenvalue weighted by Gasteiger charge is -2.18. The van der Waals surface area contributed by atoms with Crippen molar-refractivity contribution in [2.75, 3.05) is 33.3 Å². The number of nitrogens with one attached hydrogen (secondary N) is 1. The summed E-state index contributed by atoms with van der Waals surface area (Å²) in [6, 6.07) is 6.24. The smallest absolute Gasteiger partial charge is 0.260 e. The van der Waals surface area contributed by atoms with E-state index in [0.29, 0.717) is 11.8 Å². The predicted octanol–water partition coefficient (Wildman–Crippen LogP) is 2.57. The van der Waals surface area contributed by atoms with Gasteiger partial charge in [-0.05, 0) is 56.0 Å². The largest absolute Gasteiger partial charge is 0.483 e. The summed E-state index contributed by atoms with van der Waals surface area (Å²) in [6.45, 7) is 9.13. The Morgan fingerprint density at radius 2 is 2.23 bits per heavy atom. The topological polar surface area (TPSA) is 41.6 Å². The van der Waals surface area contributed by atoms with Crippen LogP contribution in [0.4, 0.5) is 0 Å². The molecule has 122 valence electrons. The Balaban J connectivity index is 1.90. The molecule has 0 aliphatic carbocycles. The number of hydrogen-bond acceptors (Lipinski definition) is 3. The molecular formula is C18H28N2O2. The first-order valence-electron chi connectivity index (χ1n) is 8.17. The molecule has 0 unspecified atom stereocenters. The van der Waals surface area contributed by atoms with Crippen molar-refractivity contribution in [1.82, 2.24) is 10.2 Å². The molecule has 1 saturated heterocycles. The van der Waals surface area contributed by atoms with Crippen LogP contribution in [0.1, 0.15) is 37.3 Å². The molecule has 1 amide bonds. The molecule has 4 heteroatoms. The van der Waals surface area contributed by atoms with Gasteiger partial charge in [0.25, 0.3) is 5.91 Å². The van der Waals surface area contributed by atoms with Crippen LogP contribution in [0, 0.1) is 12.8 Å². The van der Waals surface area contributed by atoms with Gasteiger partial charge in [-0.3, -0.25) is 4.79 Å². The first-order chi connectivity index (χ1) is 10.5. The molecule has 1 aromatic rings. The van der Waals surface area contributed by atoms with Crippen LogP contribution >= 0.6 is 0 Å². The average Bonchev–Trinajstić information content (AvgIpc) is 2.95. The normalized spacial score (nSPS) is 18.0. The quantitative estimate of drug-likeness (QED) is 0.878. The van der Waals surface area contributed by atoms with Crippen molar-refractivity contribution in [2.45, 2.75) is 33.1 Å². The Labute approximate surface area is 133 Å². The van der Waals surface area contributed by atoms with Gasteiger partial charge in [-0.2, -0.15) is 0 Å². The van der Waals surface area contributed by atoms with E-state index in [0.717, 1.165) is 37.4 Å². The van der Waals surface area contributed by atoms with Gasteiger partial charge >= 0.3 is 0 Å². The van der Waals surface area contributed by atoms with Gasteiger partial charge in [-0.1, -0.05) is 26.0 Å². The average molecular weight is 304 g/mol. The molecule has 0 spiro atoms. The zero-order valence-electron chi connectivity index (χ0n) is 14.2. The third-order valence-corrected chi connectivity index (χ3v) is 4.36. The second-order valence-corrected chi connectivity index (χ2v) is 6.52. The SMILES string of the molecule is CNC[C@@H]1CCN(C(=O)COc2cc(C(C)C)ccc2C)C1. The van der Waals surface area contributed by atoms with Gasteiger partial charge in [0.15, 0.2) is 6.61 Å². The highest BCUT2D eigenvalue weighted by Crippen LogP contribution is 2.24. The Hall–Kier alpha value is -1.55. The van der Waals surface area contributed by atoms with Crippen LogP contribution in [0.3, 0.4) is 0 Å². The molecule has 2 rings (SSSR count). The molecule has 0 radical (unpaired) electrons. The molecule has 1 N–H and O–H groups in total. The van der Waals surface area contributed by atoms with Gasteiger partial charge in [-0.15, -0.1) is 0 Å². The Morgan fingerprint density at radius 1 is 1.45 bits per heavy atom. The molecule has 1 aliphatic rings. The molecule has 1 aromatic carbocycles. The number of nitrogens with zero attached hydrogens (tertiary/aromatic N) is 1. The maximum atomic E-state index is 12.3. The van der Waals surface area contributed by atoms with E-state index in [1.165, 1.54) is 5.56 Å². The number of rotatable bonds is 6. The number of benzene rings is 1. The van der Waals surface area contributed by atoms with Gasteiger partial charge in [0.05, 0.1) is 0 Å². The third-order valence-electron chi connectivity index (χ3n) is 4.36. The van der Waals surface area contributed by atoms with Gasteiger partial charge in [0.1, 0.15) is 5.75 Å². The Kier molecular flexibility index (Phi) is 5.83. The maximum Gasteiger partial charge on any atom is 0.260 e. The molecule has 0 saturated carbocycles. The summed E-state index contributed by atoms with van der Waals surface area (Å²) in [6.07, 6.45) is 1.08. The summed E-state index contributed by atoms with van der Waals surface area (Å²) in [5.41, 5.74) is 2.31. The van der Waals surface area contributed by atoms with Crippen molar-refractivity contribution in [3.63, 3.8) is 0 Å². The van der Waals surface area contributed by atoms with Crippen LogP contribution in [0.5, 0.6) is 5.75 Å². The van der Waals surface area contributed by atoms with Crippen LogP contribution in [0.15, 0.2) is 18.2 Å². The molecule has 4 nitrogen and oxygen atoms in total. The van der Waals surface area contributed by atoms with E-state index in [9.17, 15) is 4.79 Å². The zero-order valence-corrected chi connectivity index (χ0v) is 14.2. The fraction of sp³-hybridized carbons (Fsp3) is 0.611. The van der Waals surface area contributed by atoms with E-state index in [1.54, 1.807) is 0 Å². The molecule has 1 heterocycles. The standard InChI is InChI=1S/C18H28N2O2/c1-13(2)16-6-5-14(3)17(9-16)22-12-18(21)20-8-7-15(11-20)10-19-4/h5-6,9,13,15,19H,7-8,10-12H2,1-4H3/t15-/m0/s1. The lowest BCUT2D eigenvalue weighted by atomic mass is 10.0. The second kappa shape index (κ2) is 7.63. The van der Waals surface area contributed by atoms with E-state index < -0.39 is 0 Å². The van der Waals surface area contributed by atoms with Gasteiger partial charge in [0.2, 0.25) is 0 Å². The molecule has 0 bridgehead atoms. The van der Waals surface area contributed by atoms with Gasteiger partial charge in [-0.25, -0.2) is 0 Å². The summed E-state index contributed by atoms with van der Waals surface area (Å²) >= 11 is 0. The highest BCUT2D eigenvalue weighted by atomic mass is 16.5. The number of carbonyl (C=O) groups is 1. The highest BCUT2D eigenvalue weighted by Gasteiger charge is 2.25. The molecule has 1 fully saturated rings.